The Morgan fingerprint density at radius 1 is 1.13 bits per heavy atom. The molecule has 6 nitrogen and oxygen atoms in total. The van der Waals surface area contributed by atoms with Gasteiger partial charge in [0.2, 0.25) is 5.91 Å². The minimum absolute atomic E-state index is 0.0814. The Kier molecular flexibility index (Phi) is 4.56. The summed E-state index contributed by atoms with van der Waals surface area (Å²) >= 11 is 2.19. The molecular formula is C16H18IN3O3. The van der Waals surface area contributed by atoms with Gasteiger partial charge in [0.15, 0.2) is 0 Å². The summed E-state index contributed by atoms with van der Waals surface area (Å²) < 4.78 is 1.07. The summed E-state index contributed by atoms with van der Waals surface area (Å²) in [5.41, 5.74) is -0.237. The molecule has 2 N–H and O–H groups in total. The molecular weight excluding hydrogens is 409 g/mol. The predicted molar refractivity (Wildman–Crippen MR) is 93.8 cm³/mol. The Morgan fingerprint density at radius 3 is 2.43 bits per heavy atom. The monoisotopic (exact) mass is 427 g/mol. The number of anilines is 1. The van der Waals surface area contributed by atoms with Gasteiger partial charge < -0.3 is 10.2 Å². The van der Waals surface area contributed by atoms with Crippen LogP contribution in [0, 0.1) is 3.57 Å². The fraction of sp³-hybridized carbons (Fsp3) is 0.438. The summed E-state index contributed by atoms with van der Waals surface area (Å²) in [4.78, 5) is 38.3. The number of benzene rings is 1. The Morgan fingerprint density at radius 2 is 1.78 bits per heavy atom. The van der Waals surface area contributed by atoms with Crippen molar-refractivity contribution < 1.29 is 14.4 Å². The van der Waals surface area contributed by atoms with Gasteiger partial charge in [-0.15, -0.1) is 0 Å². The number of nitrogens with zero attached hydrogens (tertiary/aromatic N) is 1. The third kappa shape index (κ3) is 3.19. The minimum Gasteiger partial charge on any atom is -0.308 e. The molecule has 1 saturated carbocycles. The molecule has 122 valence electrons. The minimum atomic E-state index is -0.889. The van der Waals surface area contributed by atoms with Gasteiger partial charge in [0.1, 0.15) is 12.1 Å². The maximum Gasteiger partial charge on any atom is 0.323 e. The molecule has 0 aromatic heterocycles. The van der Waals surface area contributed by atoms with E-state index in [0.717, 1.165) is 22.8 Å². The first-order valence-corrected chi connectivity index (χ1v) is 8.78. The van der Waals surface area contributed by atoms with Gasteiger partial charge in [0.25, 0.3) is 5.91 Å². The molecule has 1 aliphatic carbocycles. The Hall–Kier alpha value is -1.64. The summed E-state index contributed by atoms with van der Waals surface area (Å²) in [6.45, 7) is -0.0814. The van der Waals surface area contributed by atoms with Crippen molar-refractivity contribution >= 4 is 46.1 Å². The lowest BCUT2D eigenvalue weighted by atomic mass is 9.78. The van der Waals surface area contributed by atoms with Crippen LogP contribution in [0.15, 0.2) is 24.3 Å². The fourth-order valence-electron chi connectivity index (χ4n) is 3.32. The molecule has 1 aromatic carbocycles. The second-order valence-corrected chi connectivity index (χ2v) is 7.24. The molecule has 4 amide bonds. The van der Waals surface area contributed by atoms with Gasteiger partial charge in [0, 0.05) is 9.26 Å². The highest BCUT2D eigenvalue weighted by molar-refractivity contribution is 14.1. The molecule has 1 saturated heterocycles. The SMILES string of the molecule is O=C1CN(C(=O)Nc2ccc(I)cc2)C2(CCCCC2)C(=O)N1. The van der Waals surface area contributed by atoms with Crippen molar-refractivity contribution in [2.24, 2.45) is 0 Å². The van der Waals surface area contributed by atoms with E-state index in [-0.39, 0.29) is 12.5 Å². The first kappa shape index (κ1) is 16.2. The van der Waals surface area contributed by atoms with Crippen molar-refractivity contribution in [3.8, 4) is 0 Å². The number of imide groups is 1. The summed E-state index contributed by atoms with van der Waals surface area (Å²) in [5.74, 6) is -0.768. The lowest BCUT2D eigenvalue weighted by molar-refractivity contribution is -0.146. The third-order valence-corrected chi connectivity index (χ3v) is 5.23. The molecule has 0 bridgehead atoms. The summed E-state index contributed by atoms with van der Waals surface area (Å²) in [7, 11) is 0. The van der Waals surface area contributed by atoms with Crippen LogP contribution < -0.4 is 10.6 Å². The molecule has 0 unspecified atom stereocenters. The van der Waals surface area contributed by atoms with Gasteiger partial charge in [-0.25, -0.2) is 4.79 Å². The molecule has 1 spiro atoms. The second-order valence-electron chi connectivity index (χ2n) is 5.99. The molecule has 2 aliphatic rings. The summed E-state index contributed by atoms with van der Waals surface area (Å²) in [6.07, 6.45) is 4.03. The van der Waals surface area contributed by atoms with Crippen molar-refractivity contribution in [2.75, 3.05) is 11.9 Å². The Labute approximate surface area is 148 Å². The van der Waals surface area contributed by atoms with Crippen LogP contribution in [0.1, 0.15) is 32.1 Å². The highest BCUT2D eigenvalue weighted by Crippen LogP contribution is 2.36. The van der Waals surface area contributed by atoms with Gasteiger partial charge >= 0.3 is 6.03 Å². The van der Waals surface area contributed by atoms with Crippen LogP contribution in [0.3, 0.4) is 0 Å². The van der Waals surface area contributed by atoms with Crippen LogP contribution >= 0.6 is 22.6 Å². The van der Waals surface area contributed by atoms with Crippen LogP contribution in [0.5, 0.6) is 0 Å². The van der Waals surface area contributed by atoms with Crippen LogP contribution in [-0.4, -0.2) is 34.8 Å². The lowest BCUT2D eigenvalue weighted by Gasteiger charge is -2.46. The standard InChI is InChI=1S/C16H18IN3O3/c17-11-4-6-12(7-5-11)18-15(23)20-10-13(21)19-14(22)16(20)8-2-1-3-9-16/h4-7H,1-3,8-10H2,(H,18,23)(H,19,21,22). The predicted octanol–water partition coefficient (Wildman–Crippen LogP) is 2.48. The molecule has 7 heteroatoms. The first-order valence-electron chi connectivity index (χ1n) is 7.70. The molecule has 0 radical (unpaired) electrons. The maximum absolute atomic E-state index is 12.7. The number of hydrogen-bond acceptors (Lipinski definition) is 3. The highest BCUT2D eigenvalue weighted by atomic mass is 127. The zero-order valence-electron chi connectivity index (χ0n) is 12.6. The van der Waals surface area contributed by atoms with E-state index in [1.807, 2.05) is 12.1 Å². The zero-order chi connectivity index (χ0) is 16.4. The van der Waals surface area contributed by atoms with Gasteiger partial charge in [-0.1, -0.05) is 19.3 Å². The number of carbonyl (C=O) groups is 3. The quantitative estimate of drug-likeness (QED) is 0.534. The van der Waals surface area contributed by atoms with E-state index in [1.165, 1.54) is 4.90 Å². The van der Waals surface area contributed by atoms with Crippen molar-refractivity contribution in [1.82, 2.24) is 10.2 Å². The normalized spacial score (nSPS) is 20.3. The average Bonchev–Trinajstić information content (AvgIpc) is 2.54. The topological polar surface area (TPSA) is 78.5 Å². The molecule has 0 atom stereocenters. The number of hydrogen-bond donors (Lipinski definition) is 2. The van der Waals surface area contributed by atoms with Crippen LogP contribution in [0.25, 0.3) is 0 Å². The largest absolute Gasteiger partial charge is 0.323 e. The number of carbonyl (C=O) groups excluding carboxylic acids is 3. The molecule has 1 heterocycles. The number of piperazine rings is 1. The van der Waals surface area contributed by atoms with Crippen molar-refractivity contribution in [2.45, 2.75) is 37.6 Å². The number of urea groups is 1. The second kappa shape index (κ2) is 6.46. The lowest BCUT2D eigenvalue weighted by Crippen LogP contribution is -2.69. The van der Waals surface area contributed by atoms with Gasteiger partial charge in [0.05, 0.1) is 0 Å². The van der Waals surface area contributed by atoms with E-state index in [2.05, 4.69) is 33.2 Å². The van der Waals surface area contributed by atoms with E-state index in [9.17, 15) is 14.4 Å². The number of amides is 4. The van der Waals surface area contributed by atoms with Gasteiger partial charge in [-0.05, 0) is 59.7 Å². The summed E-state index contributed by atoms with van der Waals surface area (Å²) in [5, 5.41) is 5.20. The van der Waals surface area contributed by atoms with Crippen molar-refractivity contribution in [3.63, 3.8) is 0 Å². The number of nitrogens with one attached hydrogen (secondary N) is 2. The van der Waals surface area contributed by atoms with Gasteiger partial charge in [-0.2, -0.15) is 0 Å². The molecule has 2 fully saturated rings. The van der Waals surface area contributed by atoms with E-state index >= 15 is 0 Å². The molecule has 23 heavy (non-hydrogen) atoms. The maximum atomic E-state index is 12.7. The number of halogens is 1. The highest BCUT2D eigenvalue weighted by Gasteiger charge is 2.51. The zero-order valence-corrected chi connectivity index (χ0v) is 14.8. The van der Waals surface area contributed by atoms with Crippen LogP contribution in [-0.2, 0) is 9.59 Å². The van der Waals surface area contributed by atoms with E-state index in [1.54, 1.807) is 12.1 Å². The smallest absolute Gasteiger partial charge is 0.308 e. The Balaban J connectivity index is 1.84. The molecule has 1 aliphatic heterocycles. The fourth-order valence-corrected chi connectivity index (χ4v) is 3.68. The third-order valence-electron chi connectivity index (χ3n) is 4.52. The number of rotatable bonds is 1. The molecule has 3 rings (SSSR count). The summed E-state index contributed by atoms with van der Waals surface area (Å²) in [6, 6.07) is 7.00. The average molecular weight is 427 g/mol. The van der Waals surface area contributed by atoms with E-state index in [4.69, 9.17) is 0 Å². The molecule has 1 aromatic rings. The van der Waals surface area contributed by atoms with Crippen molar-refractivity contribution in [3.05, 3.63) is 27.8 Å². The van der Waals surface area contributed by atoms with Crippen LogP contribution in [0.2, 0.25) is 0 Å². The first-order chi connectivity index (χ1) is 11.0. The van der Waals surface area contributed by atoms with E-state index in [0.29, 0.717) is 18.5 Å². The van der Waals surface area contributed by atoms with Crippen LogP contribution in [0.4, 0.5) is 10.5 Å². The Bertz CT molecular complexity index is 638. The van der Waals surface area contributed by atoms with Gasteiger partial charge in [-0.3, -0.25) is 14.9 Å². The van der Waals surface area contributed by atoms with E-state index < -0.39 is 17.5 Å². The van der Waals surface area contributed by atoms with Crippen molar-refractivity contribution in [1.29, 1.82) is 0 Å².